The van der Waals surface area contributed by atoms with Crippen LogP contribution < -0.4 is 9.47 Å². The Hall–Kier alpha value is -4.14. The standard InChI is InChI=1S/C32H32FN3O4/c33-28-9-5-4-8-26(28)21-35(19-24-6-2-1-3-7-24)22-27-11-13-30(40-27)32(37)36-16-14-34(15-17-36)20-25-10-12-29-31(18-25)39-23-38-29/h1-13,18H,14-17,19-23H2. The zero-order valence-corrected chi connectivity index (χ0v) is 22.3. The number of halogens is 1. The van der Waals surface area contributed by atoms with Crippen LogP contribution in [0, 0.1) is 5.82 Å². The van der Waals surface area contributed by atoms with Gasteiger partial charge in [-0.25, -0.2) is 4.39 Å². The van der Waals surface area contributed by atoms with Gasteiger partial charge in [0.15, 0.2) is 17.3 Å². The maximum absolute atomic E-state index is 14.4. The number of amides is 1. The van der Waals surface area contributed by atoms with Gasteiger partial charge in [-0.05, 0) is 41.5 Å². The number of fused-ring (bicyclic) bond motifs is 1. The number of hydrogen-bond acceptors (Lipinski definition) is 6. The molecule has 0 spiro atoms. The van der Waals surface area contributed by atoms with Gasteiger partial charge in [-0.3, -0.25) is 14.6 Å². The van der Waals surface area contributed by atoms with Crippen LogP contribution in [0.2, 0.25) is 0 Å². The molecule has 1 amide bonds. The van der Waals surface area contributed by atoms with Gasteiger partial charge in [-0.2, -0.15) is 0 Å². The normalized spacial score (nSPS) is 15.1. The molecule has 4 aromatic rings. The van der Waals surface area contributed by atoms with E-state index in [1.807, 2.05) is 47.4 Å². The number of carbonyl (C=O) groups is 1. The third-order valence-corrected chi connectivity index (χ3v) is 7.36. The number of hydrogen-bond donors (Lipinski definition) is 0. The highest BCUT2D eigenvalue weighted by Crippen LogP contribution is 2.33. The summed E-state index contributed by atoms with van der Waals surface area (Å²) in [4.78, 5) is 19.5. The van der Waals surface area contributed by atoms with Gasteiger partial charge < -0.3 is 18.8 Å². The monoisotopic (exact) mass is 541 g/mol. The topological polar surface area (TPSA) is 58.4 Å². The summed E-state index contributed by atoms with van der Waals surface area (Å²) >= 11 is 0. The molecule has 2 aliphatic rings. The lowest BCUT2D eigenvalue weighted by Crippen LogP contribution is -2.48. The molecule has 1 aromatic heterocycles. The van der Waals surface area contributed by atoms with Crippen LogP contribution in [0.4, 0.5) is 4.39 Å². The Morgan fingerprint density at radius 3 is 2.38 bits per heavy atom. The van der Waals surface area contributed by atoms with Crippen LogP contribution in [0.1, 0.15) is 33.0 Å². The second-order valence-corrected chi connectivity index (χ2v) is 10.2. The van der Waals surface area contributed by atoms with Gasteiger partial charge in [0.1, 0.15) is 11.6 Å². The van der Waals surface area contributed by atoms with E-state index >= 15 is 0 Å². The molecule has 0 saturated carbocycles. The van der Waals surface area contributed by atoms with E-state index in [-0.39, 0.29) is 18.5 Å². The van der Waals surface area contributed by atoms with E-state index in [4.69, 9.17) is 13.9 Å². The van der Waals surface area contributed by atoms with E-state index < -0.39 is 0 Å². The van der Waals surface area contributed by atoms with Crippen LogP contribution in [0.5, 0.6) is 11.5 Å². The quantitative estimate of drug-likeness (QED) is 0.286. The maximum atomic E-state index is 14.4. The number of nitrogens with zero attached hydrogens (tertiary/aromatic N) is 3. The molecular formula is C32H32FN3O4. The first-order chi connectivity index (χ1) is 19.6. The molecule has 1 fully saturated rings. The number of rotatable bonds is 9. The Bertz CT molecular complexity index is 1450. The molecule has 7 nitrogen and oxygen atoms in total. The summed E-state index contributed by atoms with van der Waals surface area (Å²) in [6.45, 7) is 5.40. The second kappa shape index (κ2) is 11.9. The van der Waals surface area contributed by atoms with E-state index in [1.54, 1.807) is 18.2 Å². The van der Waals surface area contributed by atoms with Crippen LogP contribution in [0.25, 0.3) is 0 Å². The molecule has 40 heavy (non-hydrogen) atoms. The van der Waals surface area contributed by atoms with Crippen LogP contribution >= 0.6 is 0 Å². The Morgan fingerprint density at radius 2 is 1.55 bits per heavy atom. The minimum absolute atomic E-state index is 0.0994. The van der Waals surface area contributed by atoms with Crippen molar-refractivity contribution < 1.29 is 23.1 Å². The van der Waals surface area contributed by atoms with E-state index in [1.165, 1.54) is 6.07 Å². The highest BCUT2D eigenvalue weighted by molar-refractivity contribution is 5.91. The molecule has 1 saturated heterocycles. The number of carbonyl (C=O) groups excluding carboxylic acids is 1. The molecule has 6 rings (SSSR count). The van der Waals surface area contributed by atoms with Crippen molar-refractivity contribution in [3.05, 3.63) is 119 Å². The van der Waals surface area contributed by atoms with Crippen LogP contribution in [-0.4, -0.2) is 53.6 Å². The number of ether oxygens (including phenoxy) is 2. The van der Waals surface area contributed by atoms with Crippen molar-refractivity contribution in [2.24, 2.45) is 0 Å². The number of benzene rings is 3. The van der Waals surface area contributed by atoms with Gasteiger partial charge in [-0.1, -0.05) is 54.6 Å². The smallest absolute Gasteiger partial charge is 0.289 e. The van der Waals surface area contributed by atoms with Gasteiger partial charge in [0, 0.05) is 51.4 Å². The van der Waals surface area contributed by atoms with Gasteiger partial charge in [0.2, 0.25) is 6.79 Å². The highest BCUT2D eigenvalue weighted by Gasteiger charge is 2.25. The van der Waals surface area contributed by atoms with Crippen molar-refractivity contribution in [3.8, 4) is 11.5 Å². The first kappa shape index (κ1) is 26.1. The summed E-state index contributed by atoms with van der Waals surface area (Å²) in [5, 5.41) is 0. The fourth-order valence-electron chi connectivity index (χ4n) is 5.24. The third kappa shape index (κ3) is 6.19. The molecule has 0 bridgehead atoms. The minimum Gasteiger partial charge on any atom is -0.455 e. The average Bonchev–Trinajstić information content (AvgIpc) is 3.64. The summed E-state index contributed by atoms with van der Waals surface area (Å²) < 4.78 is 31.4. The van der Waals surface area contributed by atoms with Crippen molar-refractivity contribution in [2.45, 2.75) is 26.2 Å². The summed E-state index contributed by atoms with van der Waals surface area (Å²) in [6.07, 6.45) is 0. The maximum Gasteiger partial charge on any atom is 0.289 e. The molecule has 8 heteroatoms. The van der Waals surface area contributed by atoms with Gasteiger partial charge >= 0.3 is 0 Å². The molecule has 3 heterocycles. The first-order valence-corrected chi connectivity index (χ1v) is 13.6. The van der Waals surface area contributed by atoms with Crippen LogP contribution in [-0.2, 0) is 26.2 Å². The Labute approximate surface area is 233 Å². The lowest BCUT2D eigenvalue weighted by Gasteiger charge is -2.34. The van der Waals surface area contributed by atoms with Crippen molar-refractivity contribution in [2.75, 3.05) is 33.0 Å². The Balaban J connectivity index is 1.06. The van der Waals surface area contributed by atoms with Crippen molar-refractivity contribution in [3.63, 3.8) is 0 Å². The molecule has 206 valence electrons. The fraction of sp³-hybridized carbons (Fsp3) is 0.281. The van der Waals surface area contributed by atoms with E-state index in [2.05, 4.69) is 28.0 Å². The fourth-order valence-corrected chi connectivity index (χ4v) is 5.24. The predicted octanol–water partition coefficient (Wildman–Crippen LogP) is 5.31. The van der Waals surface area contributed by atoms with Crippen molar-refractivity contribution >= 4 is 5.91 Å². The minimum atomic E-state index is -0.228. The Kier molecular flexibility index (Phi) is 7.79. The van der Waals surface area contributed by atoms with Crippen LogP contribution in [0.3, 0.4) is 0 Å². The third-order valence-electron chi connectivity index (χ3n) is 7.36. The lowest BCUT2D eigenvalue weighted by molar-refractivity contribution is 0.0594. The van der Waals surface area contributed by atoms with E-state index in [0.29, 0.717) is 49.8 Å². The van der Waals surface area contributed by atoms with Gasteiger partial charge in [0.25, 0.3) is 5.91 Å². The van der Waals surface area contributed by atoms with E-state index in [0.717, 1.165) is 42.3 Å². The highest BCUT2D eigenvalue weighted by atomic mass is 19.1. The molecule has 0 unspecified atom stereocenters. The summed E-state index contributed by atoms with van der Waals surface area (Å²) in [5.41, 5.74) is 2.91. The van der Waals surface area contributed by atoms with Gasteiger partial charge in [0.05, 0.1) is 6.54 Å². The molecule has 2 aliphatic heterocycles. The predicted molar refractivity (Wildman–Crippen MR) is 148 cm³/mol. The van der Waals surface area contributed by atoms with Crippen LogP contribution in [0.15, 0.2) is 89.3 Å². The number of piperazine rings is 1. The van der Waals surface area contributed by atoms with Crippen molar-refractivity contribution in [1.82, 2.24) is 14.7 Å². The van der Waals surface area contributed by atoms with Gasteiger partial charge in [-0.15, -0.1) is 0 Å². The summed E-state index contributed by atoms with van der Waals surface area (Å²) in [5.74, 6) is 2.26. The number of furan rings is 1. The molecule has 3 aromatic carbocycles. The zero-order chi connectivity index (χ0) is 27.3. The zero-order valence-electron chi connectivity index (χ0n) is 22.3. The lowest BCUT2D eigenvalue weighted by atomic mass is 10.1. The summed E-state index contributed by atoms with van der Waals surface area (Å²) in [7, 11) is 0. The molecule has 0 N–H and O–H groups in total. The van der Waals surface area contributed by atoms with E-state index in [9.17, 15) is 9.18 Å². The molecular weight excluding hydrogens is 509 g/mol. The second-order valence-electron chi connectivity index (χ2n) is 10.2. The molecule has 0 atom stereocenters. The Morgan fingerprint density at radius 1 is 0.775 bits per heavy atom. The van der Waals surface area contributed by atoms with Crippen molar-refractivity contribution in [1.29, 1.82) is 0 Å². The molecule has 0 radical (unpaired) electrons. The summed E-state index contributed by atoms with van der Waals surface area (Å²) in [6, 6.07) is 26.5. The first-order valence-electron chi connectivity index (χ1n) is 13.6. The average molecular weight is 542 g/mol. The molecule has 0 aliphatic carbocycles. The SMILES string of the molecule is O=C(c1ccc(CN(Cc2ccccc2)Cc2ccccc2F)o1)N1CCN(Cc2ccc3c(c2)OCO3)CC1. The largest absolute Gasteiger partial charge is 0.455 e.